The minimum atomic E-state index is -1.06. The largest absolute Gasteiger partial charge is 0.497 e. The Labute approximate surface area is 165 Å². The highest BCUT2D eigenvalue weighted by Crippen LogP contribution is 2.31. The number of hydrogen-bond acceptors (Lipinski definition) is 4. The third kappa shape index (κ3) is 5.25. The zero-order valence-corrected chi connectivity index (χ0v) is 16.7. The van der Waals surface area contributed by atoms with Crippen molar-refractivity contribution in [1.29, 1.82) is 0 Å². The van der Waals surface area contributed by atoms with E-state index in [9.17, 15) is 14.7 Å². The predicted molar refractivity (Wildman–Crippen MR) is 107 cm³/mol. The first-order valence-electron chi connectivity index (χ1n) is 9.09. The lowest BCUT2D eigenvalue weighted by Crippen LogP contribution is -2.45. The Morgan fingerprint density at radius 3 is 2.46 bits per heavy atom. The van der Waals surface area contributed by atoms with Gasteiger partial charge in [-0.15, -0.1) is 0 Å². The van der Waals surface area contributed by atoms with E-state index in [1.54, 1.807) is 45.4 Å². The van der Waals surface area contributed by atoms with E-state index in [1.807, 2.05) is 31.2 Å². The molecule has 0 aliphatic heterocycles. The van der Waals surface area contributed by atoms with Crippen molar-refractivity contribution in [1.82, 2.24) is 5.32 Å². The maximum absolute atomic E-state index is 12.8. The van der Waals surface area contributed by atoms with Crippen molar-refractivity contribution in [2.24, 2.45) is 0 Å². The molecule has 2 rings (SSSR count). The lowest BCUT2D eigenvalue weighted by molar-refractivity contribution is -0.139. The number of rotatable bonds is 9. The molecule has 2 aromatic carbocycles. The van der Waals surface area contributed by atoms with Gasteiger partial charge in [-0.3, -0.25) is 9.59 Å². The molecule has 0 aliphatic carbocycles. The highest BCUT2D eigenvalue weighted by atomic mass is 16.5. The summed E-state index contributed by atoms with van der Waals surface area (Å²) in [5, 5.41) is 12.3. The van der Waals surface area contributed by atoms with Crippen LogP contribution in [0.1, 0.15) is 43.7 Å². The number of amides is 1. The van der Waals surface area contributed by atoms with Gasteiger partial charge in [0, 0.05) is 6.42 Å². The summed E-state index contributed by atoms with van der Waals surface area (Å²) in [6.07, 6.45) is -0.0332. The van der Waals surface area contributed by atoms with Gasteiger partial charge in [-0.2, -0.15) is 0 Å². The summed E-state index contributed by atoms with van der Waals surface area (Å²) in [5.74, 6) is 0.0126. The third-order valence-electron chi connectivity index (χ3n) is 4.79. The van der Waals surface area contributed by atoms with Gasteiger partial charge >= 0.3 is 5.97 Å². The Kier molecular flexibility index (Phi) is 7.04. The summed E-state index contributed by atoms with van der Waals surface area (Å²) < 4.78 is 10.6. The summed E-state index contributed by atoms with van der Waals surface area (Å²) in [6.45, 7) is 3.65. The second-order valence-electron chi connectivity index (χ2n) is 7.03. The molecular formula is C22H27NO5. The van der Waals surface area contributed by atoms with Crippen LogP contribution < -0.4 is 14.8 Å². The van der Waals surface area contributed by atoms with Gasteiger partial charge in [0.2, 0.25) is 5.91 Å². The van der Waals surface area contributed by atoms with Crippen LogP contribution >= 0.6 is 0 Å². The average Bonchev–Trinajstić information content (AvgIpc) is 2.67. The first-order chi connectivity index (χ1) is 13.3. The Hall–Kier alpha value is -3.02. The summed E-state index contributed by atoms with van der Waals surface area (Å²) in [6, 6.07) is 14.6. The third-order valence-corrected chi connectivity index (χ3v) is 4.79. The molecule has 0 saturated carbocycles. The van der Waals surface area contributed by atoms with Gasteiger partial charge < -0.3 is 19.9 Å². The molecule has 150 valence electrons. The van der Waals surface area contributed by atoms with Crippen molar-refractivity contribution in [2.45, 2.75) is 38.1 Å². The second-order valence-corrected chi connectivity index (χ2v) is 7.03. The van der Waals surface area contributed by atoms with Gasteiger partial charge in [-0.05, 0) is 42.2 Å². The number of aliphatic carboxylic acids is 1. The van der Waals surface area contributed by atoms with Crippen LogP contribution in [0.25, 0.3) is 0 Å². The van der Waals surface area contributed by atoms with E-state index in [4.69, 9.17) is 9.47 Å². The van der Waals surface area contributed by atoms with Gasteiger partial charge in [0.15, 0.2) is 0 Å². The lowest BCUT2D eigenvalue weighted by atomic mass is 9.87. The van der Waals surface area contributed by atoms with Crippen molar-refractivity contribution < 1.29 is 24.2 Å². The van der Waals surface area contributed by atoms with E-state index in [1.165, 1.54) is 0 Å². The molecule has 0 heterocycles. The van der Waals surface area contributed by atoms with E-state index in [2.05, 4.69) is 5.32 Å². The van der Waals surface area contributed by atoms with Crippen LogP contribution in [0.5, 0.6) is 11.5 Å². The molecule has 6 nitrogen and oxygen atoms in total. The van der Waals surface area contributed by atoms with Crippen LogP contribution in [-0.2, 0) is 15.1 Å². The van der Waals surface area contributed by atoms with Crippen LogP contribution in [0.3, 0.4) is 0 Å². The smallest absolute Gasteiger partial charge is 0.306 e. The van der Waals surface area contributed by atoms with Crippen molar-refractivity contribution in [3.05, 3.63) is 59.7 Å². The van der Waals surface area contributed by atoms with Gasteiger partial charge in [0.1, 0.15) is 11.5 Å². The topological polar surface area (TPSA) is 84.9 Å². The van der Waals surface area contributed by atoms with Crippen molar-refractivity contribution in [3.8, 4) is 11.5 Å². The van der Waals surface area contributed by atoms with Crippen LogP contribution in [0.15, 0.2) is 48.5 Å². The highest BCUT2D eigenvalue weighted by molar-refractivity contribution is 5.79. The molecule has 0 aromatic heterocycles. The maximum Gasteiger partial charge on any atom is 0.306 e. The van der Waals surface area contributed by atoms with Gasteiger partial charge in [-0.25, -0.2) is 0 Å². The maximum atomic E-state index is 12.8. The molecule has 0 spiro atoms. The number of hydrogen-bond donors (Lipinski definition) is 2. The Morgan fingerprint density at radius 1 is 1.11 bits per heavy atom. The molecular weight excluding hydrogens is 358 g/mol. The Morgan fingerprint density at radius 2 is 1.82 bits per heavy atom. The standard InChI is InChI=1S/C22H27NO5/c1-15(18-10-5-6-11-19(18)28-4)12-20(24)23-22(2,14-21(25)26)16-8-7-9-17(13-16)27-3/h5-11,13,15H,12,14H2,1-4H3,(H,23,24)(H,25,26). The molecule has 1 amide bonds. The molecule has 28 heavy (non-hydrogen) atoms. The Bertz CT molecular complexity index is 835. The second kappa shape index (κ2) is 9.26. The number of carboxylic acids is 1. The fourth-order valence-corrected chi connectivity index (χ4v) is 3.31. The fraction of sp³-hybridized carbons (Fsp3) is 0.364. The van der Waals surface area contributed by atoms with E-state index < -0.39 is 11.5 Å². The zero-order chi connectivity index (χ0) is 20.7. The van der Waals surface area contributed by atoms with Crippen molar-refractivity contribution in [3.63, 3.8) is 0 Å². The van der Waals surface area contributed by atoms with Gasteiger partial charge in [0.25, 0.3) is 0 Å². The molecule has 2 N–H and O–H groups in total. The molecule has 0 radical (unpaired) electrons. The SMILES string of the molecule is COc1cccc(C(C)(CC(=O)O)NC(=O)CC(C)c2ccccc2OC)c1. The highest BCUT2D eigenvalue weighted by Gasteiger charge is 2.32. The molecule has 2 unspecified atom stereocenters. The van der Waals surface area contributed by atoms with E-state index in [0.717, 1.165) is 11.3 Å². The normalized spacial score (nSPS) is 13.9. The number of carboxylic acid groups (broad SMARTS) is 1. The van der Waals surface area contributed by atoms with Crippen LogP contribution in [0, 0.1) is 0 Å². The molecule has 2 atom stereocenters. The monoisotopic (exact) mass is 385 g/mol. The molecule has 0 fully saturated rings. The average molecular weight is 385 g/mol. The van der Waals surface area contributed by atoms with Crippen LogP contribution in [0.2, 0.25) is 0 Å². The van der Waals surface area contributed by atoms with E-state index >= 15 is 0 Å². The van der Waals surface area contributed by atoms with Gasteiger partial charge in [0.05, 0.1) is 26.2 Å². The van der Waals surface area contributed by atoms with E-state index in [0.29, 0.717) is 11.3 Å². The summed E-state index contributed by atoms with van der Waals surface area (Å²) in [5.41, 5.74) is 0.548. The number of para-hydroxylation sites is 1. The lowest BCUT2D eigenvalue weighted by Gasteiger charge is -2.31. The minimum Gasteiger partial charge on any atom is -0.497 e. The first-order valence-corrected chi connectivity index (χ1v) is 9.09. The molecule has 0 saturated heterocycles. The Balaban J connectivity index is 2.21. The minimum absolute atomic E-state index is 0.0875. The first kappa shape index (κ1) is 21.3. The van der Waals surface area contributed by atoms with Gasteiger partial charge in [-0.1, -0.05) is 37.3 Å². The summed E-state index contributed by atoms with van der Waals surface area (Å²) >= 11 is 0. The zero-order valence-electron chi connectivity index (χ0n) is 16.7. The number of carbonyl (C=O) groups is 2. The number of nitrogens with one attached hydrogen (secondary N) is 1. The summed E-state index contributed by atoms with van der Waals surface area (Å²) in [7, 11) is 3.14. The van der Waals surface area contributed by atoms with E-state index in [-0.39, 0.29) is 24.7 Å². The number of methoxy groups -OCH3 is 2. The molecule has 2 aromatic rings. The quantitative estimate of drug-likeness (QED) is 0.687. The van der Waals surface area contributed by atoms with Crippen LogP contribution in [-0.4, -0.2) is 31.2 Å². The molecule has 6 heteroatoms. The number of ether oxygens (including phenoxy) is 2. The van der Waals surface area contributed by atoms with Crippen LogP contribution in [0.4, 0.5) is 0 Å². The van der Waals surface area contributed by atoms with Crippen molar-refractivity contribution in [2.75, 3.05) is 14.2 Å². The van der Waals surface area contributed by atoms with Crippen molar-refractivity contribution >= 4 is 11.9 Å². The fourth-order valence-electron chi connectivity index (χ4n) is 3.31. The number of benzene rings is 2. The molecule has 0 aliphatic rings. The molecule has 0 bridgehead atoms. The number of carbonyl (C=O) groups excluding carboxylic acids is 1. The predicted octanol–water partition coefficient (Wildman–Crippen LogP) is 3.70. The summed E-state index contributed by atoms with van der Waals surface area (Å²) in [4.78, 5) is 24.2.